The highest BCUT2D eigenvalue weighted by Gasteiger charge is 2.70. The molecule has 1 fully saturated rings. The highest BCUT2D eigenvalue weighted by Crippen LogP contribution is 2.58. The van der Waals surface area contributed by atoms with Gasteiger partial charge < -0.3 is 19.7 Å². The standard InChI is InChI=1S/C36H30N2O5/c1-21-18-30-36(27-15-5-6-16-28(27)37-35(36)41)31(33(39)22-10-8-12-24(19-22)42-2)32(38(30)29-17-7-4-14-26(21)29)34(40)23-11-9-13-25(20-23)43-3/h4-20,30-32H,1-3H3,(H,37,41)/t30-,31+,32-,36+/m0/s1. The average molecular weight is 571 g/mol. The van der Waals surface area contributed by atoms with Crippen LogP contribution < -0.4 is 19.7 Å². The summed E-state index contributed by atoms with van der Waals surface area (Å²) in [5, 5.41) is 3.08. The summed E-state index contributed by atoms with van der Waals surface area (Å²) in [6.07, 6.45) is 2.05. The third kappa shape index (κ3) is 3.77. The van der Waals surface area contributed by atoms with Crippen molar-refractivity contribution in [2.75, 3.05) is 24.4 Å². The van der Waals surface area contributed by atoms with E-state index in [0.29, 0.717) is 33.9 Å². The Hall–Kier alpha value is -5.17. The highest BCUT2D eigenvalue weighted by atomic mass is 16.5. The number of anilines is 2. The molecule has 7 rings (SSSR count). The molecule has 0 aliphatic carbocycles. The van der Waals surface area contributed by atoms with Gasteiger partial charge in [-0.3, -0.25) is 14.4 Å². The number of ketones is 2. The molecule has 1 spiro atoms. The molecule has 3 heterocycles. The minimum absolute atomic E-state index is 0.262. The Bertz CT molecular complexity index is 1840. The molecule has 0 unspecified atom stereocenters. The predicted octanol–water partition coefficient (Wildman–Crippen LogP) is 5.95. The number of nitrogens with zero attached hydrogens (tertiary/aromatic N) is 1. The van der Waals surface area contributed by atoms with Gasteiger partial charge in [0.2, 0.25) is 5.91 Å². The van der Waals surface area contributed by atoms with Gasteiger partial charge in [-0.15, -0.1) is 0 Å². The number of methoxy groups -OCH3 is 2. The molecule has 3 aliphatic rings. The topological polar surface area (TPSA) is 84.9 Å². The van der Waals surface area contributed by atoms with Gasteiger partial charge in [-0.05, 0) is 54.5 Å². The third-order valence-electron chi connectivity index (χ3n) is 9.14. The van der Waals surface area contributed by atoms with E-state index < -0.39 is 23.4 Å². The first kappa shape index (κ1) is 26.7. The zero-order valence-electron chi connectivity index (χ0n) is 24.0. The first-order valence-corrected chi connectivity index (χ1v) is 14.2. The van der Waals surface area contributed by atoms with Gasteiger partial charge >= 0.3 is 0 Å². The van der Waals surface area contributed by atoms with Crippen LogP contribution in [0.15, 0.2) is 103 Å². The second-order valence-electron chi connectivity index (χ2n) is 11.2. The van der Waals surface area contributed by atoms with Gasteiger partial charge in [0.15, 0.2) is 11.6 Å². The number of Topliss-reactive ketones (excluding diaryl/α,β-unsaturated/α-hetero) is 2. The number of carbonyl (C=O) groups is 3. The van der Waals surface area contributed by atoms with Crippen LogP contribution >= 0.6 is 0 Å². The Labute approximate surface area is 249 Å². The molecule has 43 heavy (non-hydrogen) atoms. The number of benzene rings is 4. The van der Waals surface area contributed by atoms with Crippen molar-refractivity contribution >= 4 is 34.4 Å². The van der Waals surface area contributed by atoms with Gasteiger partial charge in [-0.2, -0.15) is 0 Å². The fraction of sp³-hybridized carbons (Fsp3) is 0.194. The average Bonchev–Trinajstić information content (AvgIpc) is 3.52. The van der Waals surface area contributed by atoms with E-state index in [0.717, 1.165) is 16.8 Å². The summed E-state index contributed by atoms with van der Waals surface area (Å²) in [4.78, 5) is 46.4. The normalized spacial score (nSPS) is 23.1. The van der Waals surface area contributed by atoms with E-state index in [9.17, 15) is 14.4 Å². The molecule has 7 nitrogen and oxygen atoms in total. The van der Waals surface area contributed by atoms with Crippen LogP contribution in [0, 0.1) is 5.92 Å². The number of nitrogens with one attached hydrogen (secondary N) is 1. The van der Waals surface area contributed by atoms with E-state index in [4.69, 9.17) is 9.47 Å². The number of hydrogen-bond donors (Lipinski definition) is 1. The Balaban J connectivity index is 1.55. The minimum atomic E-state index is -1.38. The number of fused-ring (bicyclic) bond motifs is 6. The van der Waals surface area contributed by atoms with Crippen LogP contribution in [0.3, 0.4) is 0 Å². The molecule has 4 atom stereocenters. The van der Waals surface area contributed by atoms with Crippen LogP contribution in [0.4, 0.5) is 11.4 Å². The second-order valence-corrected chi connectivity index (χ2v) is 11.2. The minimum Gasteiger partial charge on any atom is -0.497 e. The van der Waals surface area contributed by atoms with E-state index >= 15 is 0 Å². The summed E-state index contributed by atoms with van der Waals surface area (Å²) < 4.78 is 10.9. The smallest absolute Gasteiger partial charge is 0.238 e. The number of para-hydroxylation sites is 2. The maximum atomic E-state index is 15.0. The molecule has 1 amide bonds. The molecule has 0 saturated carbocycles. The zero-order chi connectivity index (χ0) is 29.9. The lowest BCUT2D eigenvalue weighted by Crippen LogP contribution is -2.51. The Morgan fingerprint density at radius 1 is 0.791 bits per heavy atom. The van der Waals surface area contributed by atoms with Gasteiger partial charge in [0, 0.05) is 28.1 Å². The largest absolute Gasteiger partial charge is 0.497 e. The van der Waals surface area contributed by atoms with Crippen LogP contribution in [0.5, 0.6) is 11.5 Å². The number of carbonyl (C=O) groups excluding carboxylic acids is 3. The molecule has 3 aliphatic heterocycles. The number of amides is 1. The van der Waals surface area contributed by atoms with Gasteiger partial charge in [0.05, 0.1) is 26.2 Å². The van der Waals surface area contributed by atoms with Crippen LogP contribution in [-0.4, -0.2) is 43.8 Å². The summed E-state index contributed by atoms with van der Waals surface area (Å²) in [6.45, 7) is 2.01. The molecular formula is C36H30N2O5. The monoisotopic (exact) mass is 570 g/mol. The molecule has 1 saturated heterocycles. The third-order valence-corrected chi connectivity index (χ3v) is 9.14. The number of ether oxygens (including phenoxy) is 2. The van der Waals surface area contributed by atoms with E-state index in [1.165, 1.54) is 0 Å². The summed E-state index contributed by atoms with van der Waals surface area (Å²) in [7, 11) is 3.09. The van der Waals surface area contributed by atoms with E-state index in [1.807, 2.05) is 60.4 Å². The van der Waals surface area contributed by atoms with Gasteiger partial charge in [0.25, 0.3) is 0 Å². The molecule has 0 aromatic heterocycles. The number of rotatable bonds is 6. The van der Waals surface area contributed by atoms with Crippen LogP contribution in [0.2, 0.25) is 0 Å². The van der Waals surface area contributed by atoms with Crippen molar-refractivity contribution in [1.29, 1.82) is 0 Å². The first-order valence-electron chi connectivity index (χ1n) is 14.2. The van der Waals surface area contributed by atoms with Gasteiger partial charge in [0.1, 0.15) is 23.0 Å². The lowest BCUT2D eigenvalue weighted by Gasteiger charge is -2.39. The molecule has 214 valence electrons. The summed E-state index contributed by atoms with van der Waals surface area (Å²) in [6, 6.07) is 27.6. The Morgan fingerprint density at radius 3 is 2.12 bits per heavy atom. The predicted molar refractivity (Wildman–Crippen MR) is 165 cm³/mol. The fourth-order valence-corrected chi connectivity index (χ4v) is 7.29. The molecule has 0 radical (unpaired) electrons. The Kier molecular flexibility index (Phi) is 6.20. The second kappa shape index (κ2) is 9.98. The Morgan fingerprint density at radius 2 is 1.42 bits per heavy atom. The molecule has 1 N–H and O–H groups in total. The summed E-state index contributed by atoms with van der Waals surface area (Å²) in [5.74, 6) is -0.878. The van der Waals surface area contributed by atoms with Crippen molar-refractivity contribution < 1.29 is 23.9 Å². The van der Waals surface area contributed by atoms with Crippen LogP contribution in [0.25, 0.3) is 5.57 Å². The maximum Gasteiger partial charge on any atom is 0.238 e. The maximum absolute atomic E-state index is 15.0. The molecule has 7 heteroatoms. The quantitative estimate of drug-likeness (QED) is 0.289. The van der Waals surface area contributed by atoms with E-state index in [2.05, 4.69) is 11.4 Å². The van der Waals surface area contributed by atoms with Crippen molar-refractivity contribution in [1.82, 2.24) is 0 Å². The van der Waals surface area contributed by atoms with Crippen molar-refractivity contribution in [3.8, 4) is 11.5 Å². The van der Waals surface area contributed by atoms with Crippen molar-refractivity contribution in [2.45, 2.75) is 24.4 Å². The van der Waals surface area contributed by atoms with Crippen molar-refractivity contribution in [2.24, 2.45) is 5.92 Å². The summed E-state index contributed by atoms with van der Waals surface area (Å²) >= 11 is 0. The number of allylic oxidation sites excluding steroid dienone is 1. The lowest BCUT2D eigenvalue weighted by molar-refractivity contribution is -0.121. The molecular weight excluding hydrogens is 540 g/mol. The first-order chi connectivity index (χ1) is 20.9. The fourth-order valence-electron chi connectivity index (χ4n) is 7.29. The van der Waals surface area contributed by atoms with E-state index in [1.54, 1.807) is 62.8 Å². The van der Waals surface area contributed by atoms with Crippen molar-refractivity contribution in [3.63, 3.8) is 0 Å². The summed E-state index contributed by atoms with van der Waals surface area (Å²) in [5.41, 5.74) is 3.50. The number of hydrogen-bond acceptors (Lipinski definition) is 6. The van der Waals surface area contributed by atoms with Gasteiger partial charge in [-0.25, -0.2) is 0 Å². The van der Waals surface area contributed by atoms with Gasteiger partial charge in [-0.1, -0.05) is 66.7 Å². The molecule has 4 aromatic carbocycles. The zero-order valence-corrected chi connectivity index (χ0v) is 24.0. The van der Waals surface area contributed by atoms with Crippen LogP contribution in [-0.2, 0) is 10.2 Å². The molecule has 4 aromatic rings. The van der Waals surface area contributed by atoms with Crippen LogP contribution in [0.1, 0.15) is 38.8 Å². The lowest BCUT2D eigenvalue weighted by atomic mass is 9.64. The SMILES string of the molecule is COc1cccc(C(=O)[C@@H]2[C@H](C(=O)c3cccc(OC)c3)[C@]3(C(=O)Nc4ccccc43)[C@@H]3C=C(C)c4ccccc4N23)c1. The highest BCUT2D eigenvalue weighted by molar-refractivity contribution is 6.18. The van der Waals surface area contributed by atoms with E-state index in [-0.39, 0.29) is 17.5 Å². The van der Waals surface area contributed by atoms with Crippen molar-refractivity contribution in [3.05, 3.63) is 125 Å². The molecule has 0 bridgehead atoms.